The molecule has 1 aromatic heterocycles. The van der Waals surface area contributed by atoms with E-state index in [1.54, 1.807) is 13.0 Å². The summed E-state index contributed by atoms with van der Waals surface area (Å²) in [6.07, 6.45) is 1.23. The summed E-state index contributed by atoms with van der Waals surface area (Å²) in [7, 11) is 0. The van der Waals surface area contributed by atoms with Crippen LogP contribution in [-0.4, -0.2) is 87.6 Å². The summed E-state index contributed by atoms with van der Waals surface area (Å²) in [5, 5.41) is 3.42. The second kappa shape index (κ2) is 17.7. The van der Waals surface area contributed by atoms with Gasteiger partial charge in [0.1, 0.15) is 23.2 Å². The molecule has 0 saturated heterocycles. The Labute approximate surface area is 240 Å². The molecule has 2 atom stereocenters. The number of rotatable bonds is 21. The number of nitrogens with two attached hydrogens (primary N) is 1. The zero-order chi connectivity index (χ0) is 29.4. The van der Waals surface area contributed by atoms with Crippen LogP contribution >= 0.6 is 11.8 Å². The normalized spacial score (nSPS) is 18.0. The second-order valence-electron chi connectivity index (χ2n) is 9.04. The van der Waals surface area contributed by atoms with Gasteiger partial charge < -0.3 is 38.2 Å². The fourth-order valence-corrected chi connectivity index (χ4v) is 5.04. The van der Waals surface area contributed by atoms with Gasteiger partial charge in [-0.2, -0.15) is 0 Å². The number of hydrogen-bond acceptors (Lipinski definition) is 12. The first-order chi connectivity index (χ1) is 19.2. The van der Waals surface area contributed by atoms with Crippen LogP contribution in [0.4, 0.5) is 0 Å². The molecule has 0 aliphatic carbocycles. The molecule has 1 aromatic rings. The van der Waals surface area contributed by atoms with Crippen LogP contribution in [0.15, 0.2) is 26.3 Å². The largest absolute Gasteiger partial charge is 0.491 e. The molecule has 2 heterocycles. The highest BCUT2D eigenvalue weighted by Crippen LogP contribution is 2.33. The Bertz CT molecular complexity index is 984. The number of aliphatic imine (C=N–C) groups is 1. The predicted molar refractivity (Wildman–Crippen MR) is 153 cm³/mol. The van der Waals surface area contributed by atoms with Crippen molar-refractivity contribution in [2.45, 2.75) is 65.0 Å². The van der Waals surface area contributed by atoms with E-state index in [2.05, 4.69) is 10.3 Å². The molecule has 0 spiro atoms. The minimum absolute atomic E-state index is 0.216. The van der Waals surface area contributed by atoms with Crippen molar-refractivity contribution in [2.24, 2.45) is 10.7 Å². The topological polar surface area (TPSA) is 153 Å². The van der Waals surface area contributed by atoms with E-state index < -0.39 is 29.0 Å². The zero-order valence-electron chi connectivity index (χ0n) is 24.3. The number of carbonyl (C=O) groups is 1. The van der Waals surface area contributed by atoms with Crippen molar-refractivity contribution < 1.29 is 37.6 Å². The summed E-state index contributed by atoms with van der Waals surface area (Å²) in [5.74, 6) is -0.769. The Morgan fingerprint density at radius 2 is 1.68 bits per heavy atom. The molecule has 228 valence electrons. The van der Waals surface area contributed by atoms with E-state index in [0.29, 0.717) is 76.5 Å². The van der Waals surface area contributed by atoms with Crippen LogP contribution in [0.25, 0.3) is 0 Å². The van der Waals surface area contributed by atoms with Crippen LogP contribution < -0.4 is 21.4 Å². The molecule has 12 nitrogen and oxygen atoms in total. The average Bonchev–Trinajstić information content (AvgIpc) is 3.34. The summed E-state index contributed by atoms with van der Waals surface area (Å²) < 4.78 is 38.8. The molecule has 1 aliphatic heterocycles. The maximum atomic E-state index is 13.3. The summed E-state index contributed by atoms with van der Waals surface area (Å²) in [6, 6.07) is 2.25. The Balaban J connectivity index is 1.99. The lowest BCUT2D eigenvalue weighted by Crippen LogP contribution is -2.54. The Kier molecular flexibility index (Phi) is 15.2. The van der Waals surface area contributed by atoms with Gasteiger partial charge in [-0.05, 0) is 34.1 Å². The van der Waals surface area contributed by atoms with E-state index in [1.807, 2.05) is 27.7 Å². The van der Waals surface area contributed by atoms with Gasteiger partial charge in [0.25, 0.3) is 5.91 Å². The van der Waals surface area contributed by atoms with Crippen molar-refractivity contribution >= 4 is 22.7 Å². The molecule has 3 N–H and O–H groups in total. The van der Waals surface area contributed by atoms with E-state index in [1.165, 1.54) is 17.8 Å². The van der Waals surface area contributed by atoms with Crippen molar-refractivity contribution in [2.75, 3.05) is 65.2 Å². The molecule has 0 radical (unpaired) electrons. The Morgan fingerprint density at radius 3 is 2.27 bits per heavy atom. The predicted octanol–water partition coefficient (Wildman–Crippen LogP) is 2.64. The number of nitrogens with zero attached hydrogens (tertiary/aromatic N) is 1. The van der Waals surface area contributed by atoms with Crippen molar-refractivity contribution in [1.82, 2.24) is 5.32 Å². The van der Waals surface area contributed by atoms with Crippen molar-refractivity contribution in [3.8, 4) is 5.75 Å². The van der Waals surface area contributed by atoms with Gasteiger partial charge in [0.2, 0.25) is 5.79 Å². The summed E-state index contributed by atoms with van der Waals surface area (Å²) in [4.78, 5) is 30.1. The molecule has 2 rings (SSSR count). The maximum Gasteiger partial charge on any atom is 0.339 e. The van der Waals surface area contributed by atoms with Gasteiger partial charge in [-0.3, -0.25) is 10.5 Å². The number of nitrogens with one attached hydrogen (secondary N) is 1. The molecule has 0 unspecified atom stereocenters. The lowest BCUT2D eigenvalue weighted by atomic mass is 10.1. The maximum absolute atomic E-state index is 13.3. The molecular formula is C27H45N3O9S. The first kappa shape index (κ1) is 34.2. The first-order valence-corrected chi connectivity index (χ1v) is 14.8. The van der Waals surface area contributed by atoms with E-state index in [4.69, 9.17) is 38.6 Å². The highest BCUT2D eigenvalue weighted by atomic mass is 32.2. The molecule has 0 aromatic carbocycles. The molecule has 0 saturated carbocycles. The van der Waals surface area contributed by atoms with Gasteiger partial charge >= 0.3 is 5.63 Å². The number of thioether (sulfide) groups is 1. The van der Waals surface area contributed by atoms with E-state index in [0.717, 1.165) is 0 Å². The van der Waals surface area contributed by atoms with Crippen molar-refractivity contribution in [1.29, 1.82) is 0 Å². The standard InChI is InChI=1S/C27H45N3O9S/c1-6-10-21(29-24(32)27(28)19-40-25(30-27)26(5,37-8-3)38-9-4)22-17-20(18-23(31)39-22)36-16-15-35-14-13-34-12-11-33-7-2/h17-18,21H,6-16,19,28H2,1-5H3,(H,29,32)/t21-,27+/m1/s1. The van der Waals surface area contributed by atoms with Crippen LogP contribution in [-0.2, 0) is 28.5 Å². The van der Waals surface area contributed by atoms with Crippen LogP contribution in [0.1, 0.15) is 59.3 Å². The van der Waals surface area contributed by atoms with Crippen LogP contribution in [0, 0.1) is 0 Å². The number of carbonyl (C=O) groups excluding carboxylic acids is 1. The van der Waals surface area contributed by atoms with Crippen LogP contribution in [0.2, 0.25) is 0 Å². The van der Waals surface area contributed by atoms with Gasteiger partial charge in [0, 0.05) is 31.6 Å². The summed E-state index contributed by atoms with van der Waals surface area (Å²) in [6.45, 7) is 13.3. The lowest BCUT2D eigenvalue weighted by molar-refractivity contribution is -0.169. The fraction of sp³-hybridized carbons (Fsp3) is 0.741. The van der Waals surface area contributed by atoms with Gasteiger partial charge in [-0.1, -0.05) is 13.3 Å². The van der Waals surface area contributed by atoms with Crippen LogP contribution in [0.3, 0.4) is 0 Å². The molecule has 40 heavy (non-hydrogen) atoms. The zero-order valence-corrected chi connectivity index (χ0v) is 25.1. The van der Waals surface area contributed by atoms with Crippen molar-refractivity contribution in [3.05, 3.63) is 28.3 Å². The van der Waals surface area contributed by atoms with E-state index in [-0.39, 0.29) is 18.1 Å². The van der Waals surface area contributed by atoms with E-state index in [9.17, 15) is 9.59 Å². The fourth-order valence-electron chi connectivity index (χ4n) is 3.88. The molecular weight excluding hydrogens is 542 g/mol. The third-order valence-corrected chi connectivity index (χ3v) is 7.10. The first-order valence-electron chi connectivity index (χ1n) is 13.8. The number of amides is 1. The minimum atomic E-state index is -1.53. The molecule has 0 bridgehead atoms. The third kappa shape index (κ3) is 10.8. The number of hydrogen-bond donors (Lipinski definition) is 2. The third-order valence-electron chi connectivity index (χ3n) is 5.78. The van der Waals surface area contributed by atoms with Gasteiger partial charge in [-0.15, -0.1) is 11.8 Å². The highest BCUT2D eigenvalue weighted by Gasteiger charge is 2.46. The number of ether oxygens (including phenoxy) is 6. The molecule has 1 amide bonds. The Hall–Kier alpha value is -2.00. The van der Waals surface area contributed by atoms with Crippen molar-refractivity contribution in [3.63, 3.8) is 0 Å². The molecule has 13 heteroatoms. The Morgan fingerprint density at radius 1 is 1.05 bits per heavy atom. The second-order valence-corrected chi connectivity index (χ2v) is 10.0. The monoisotopic (exact) mass is 587 g/mol. The van der Waals surface area contributed by atoms with Gasteiger partial charge in [0.15, 0.2) is 5.66 Å². The molecule has 0 fully saturated rings. The summed E-state index contributed by atoms with van der Waals surface area (Å²) >= 11 is 1.32. The minimum Gasteiger partial charge on any atom is -0.491 e. The highest BCUT2D eigenvalue weighted by molar-refractivity contribution is 8.14. The molecule has 1 aliphatic rings. The smallest absolute Gasteiger partial charge is 0.339 e. The van der Waals surface area contributed by atoms with E-state index >= 15 is 0 Å². The quantitative estimate of drug-likeness (QED) is 0.161. The van der Waals surface area contributed by atoms with Gasteiger partial charge in [0.05, 0.1) is 45.1 Å². The average molecular weight is 588 g/mol. The lowest BCUT2D eigenvalue weighted by Gasteiger charge is -2.28. The summed E-state index contributed by atoms with van der Waals surface area (Å²) in [5.41, 5.74) is 4.32. The van der Waals surface area contributed by atoms with Crippen LogP contribution in [0.5, 0.6) is 5.75 Å². The SMILES string of the molecule is CCC[C@@H](NC(=O)[C@]1(N)CSC(C(C)(OCC)OCC)=N1)c1cc(OCCOCCOCCOCC)cc(=O)o1. The van der Waals surface area contributed by atoms with Gasteiger partial charge in [-0.25, -0.2) is 9.79 Å².